The Balaban J connectivity index is 2.83. The van der Waals surface area contributed by atoms with Crippen molar-refractivity contribution in [1.29, 1.82) is 0 Å². The molecule has 0 saturated heterocycles. The number of nitrogens with zero attached hydrogens (tertiary/aromatic N) is 1. The quantitative estimate of drug-likeness (QED) is 0.694. The average Bonchev–Trinajstić information content (AvgIpc) is 2.07. The first-order valence-electron chi connectivity index (χ1n) is 3.86. The first-order valence-corrected chi connectivity index (χ1v) is 3.86. The maximum absolute atomic E-state index is 11.0. The van der Waals surface area contributed by atoms with Gasteiger partial charge >= 0.3 is 5.97 Å². The molecule has 0 aliphatic rings. The number of aryl methyl sites for hydroxylation is 1. The molecule has 1 aromatic rings. The summed E-state index contributed by atoms with van der Waals surface area (Å²) in [6.07, 6.45) is 1.58. The third-order valence-corrected chi connectivity index (χ3v) is 1.77. The fourth-order valence-corrected chi connectivity index (χ4v) is 0.982. The molecule has 2 N–H and O–H groups in total. The van der Waals surface area contributed by atoms with Crippen LogP contribution in [0.4, 0.5) is 0 Å². The summed E-state index contributed by atoms with van der Waals surface area (Å²) in [6.45, 7) is 1.63. The Morgan fingerprint density at radius 3 is 3.00 bits per heavy atom. The van der Waals surface area contributed by atoms with Gasteiger partial charge in [0.05, 0.1) is 18.4 Å². The molecule has 0 atom stereocenters. The van der Waals surface area contributed by atoms with E-state index in [1.54, 1.807) is 6.92 Å². The van der Waals surface area contributed by atoms with Gasteiger partial charge in [-0.1, -0.05) is 0 Å². The lowest BCUT2D eigenvalue weighted by molar-refractivity contribution is -0.136. The predicted molar refractivity (Wildman–Crippen MR) is 45.6 cm³/mol. The van der Waals surface area contributed by atoms with Crippen LogP contribution in [0.25, 0.3) is 0 Å². The number of hydrogen-bond acceptors (Lipinski definition) is 3. The van der Waals surface area contributed by atoms with Crippen molar-refractivity contribution in [2.24, 2.45) is 0 Å². The van der Waals surface area contributed by atoms with E-state index in [9.17, 15) is 9.59 Å². The number of carboxylic acids is 1. The Labute approximate surface area is 74.4 Å². The van der Waals surface area contributed by atoms with Crippen molar-refractivity contribution in [2.75, 3.05) is 0 Å². The van der Waals surface area contributed by atoms with Crippen LogP contribution in [0.3, 0.4) is 0 Å². The van der Waals surface area contributed by atoms with Crippen LogP contribution in [-0.4, -0.2) is 21.0 Å². The summed E-state index contributed by atoms with van der Waals surface area (Å²) in [5.41, 5.74) is 0.824. The Hall–Kier alpha value is -1.65. The smallest absolute Gasteiger partial charge is 0.303 e. The van der Waals surface area contributed by atoms with Gasteiger partial charge < -0.3 is 10.1 Å². The number of aromatic nitrogens is 2. The van der Waals surface area contributed by atoms with Crippen molar-refractivity contribution in [3.05, 3.63) is 27.9 Å². The number of nitrogens with one attached hydrogen (secondary N) is 1. The minimum atomic E-state index is -0.888. The minimum Gasteiger partial charge on any atom is -0.481 e. The molecular weight excluding hydrogens is 172 g/mol. The van der Waals surface area contributed by atoms with E-state index in [2.05, 4.69) is 9.97 Å². The number of hydrogen-bond donors (Lipinski definition) is 2. The van der Waals surface area contributed by atoms with E-state index in [-0.39, 0.29) is 12.0 Å². The van der Waals surface area contributed by atoms with Crippen LogP contribution in [0, 0.1) is 6.92 Å². The normalized spacial score (nSPS) is 9.92. The van der Waals surface area contributed by atoms with Gasteiger partial charge in [-0.25, -0.2) is 4.98 Å². The van der Waals surface area contributed by atoms with Crippen LogP contribution in [0.2, 0.25) is 0 Å². The van der Waals surface area contributed by atoms with Crippen LogP contribution in [0.1, 0.15) is 17.7 Å². The Morgan fingerprint density at radius 1 is 1.69 bits per heavy atom. The summed E-state index contributed by atoms with van der Waals surface area (Å²) < 4.78 is 0. The highest BCUT2D eigenvalue weighted by atomic mass is 16.4. The second-order valence-corrected chi connectivity index (χ2v) is 2.70. The van der Waals surface area contributed by atoms with Crippen molar-refractivity contribution in [3.8, 4) is 0 Å². The first kappa shape index (κ1) is 9.44. The molecule has 0 saturated carbocycles. The van der Waals surface area contributed by atoms with Crippen molar-refractivity contribution >= 4 is 5.97 Å². The predicted octanol–water partition coefficient (Wildman–Crippen LogP) is 0.0955. The summed E-state index contributed by atoms with van der Waals surface area (Å²) in [5.74, 6) is -0.888. The van der Waals surface area contributed by atoms with Gasteiger partial charge in [0.25, 0.3) is 5.56 Å². The van der Waals surface area contributed by atoms with E-state index in [1.165, 1.54) is 6.33 Å². The van der Waals surface area contributed by atoms with Crippen molar-refractivity contribution in [3.63, 3.8) is 0 Å². The van der Waals surface area contributed by atoms with Gasteiger partial charge in [-0.05, 0) is 6.92 Å². The number of H-pyrrole nitrogens is 1. The number of aromatic amines is 1. The van der Waals surface area contributed by atoms with E-state index in [0.29, 0.717) is 17.7 Å². The molecule has 0 amide bonds. The molecule has 0 spiro atoms. The highest BCUT2D eigenvalue weighted by Crippen LogP contribution is 2.00. The van der Waals surface area contributed by atoms with Crippen molar-refractivity contribution in [2.45, 2.75) is 19.8 Å². The summed E-state index contributed by atoms with van der Waals surface area (Å²) in [4.78, 5) is 27.6. The molecule has 0 bridgehead atoms. The van der Waals surface area contributed by atoms with Gasteiger partial charge in [-0.3, -0.25) is 9.59 Å². The third kappa shape index (κ3) is 2.40. The second-order valence-electron chi connectivity index (χ2n) is 2.70. The van der Waals surface area contributed by atoms with Crippen molar-refractivity contribution < 1.29 is 9.90 Å². The Morgan fingerprint density at radius 2 is 2.38 bits per heavy atom. The maximum atomic E-state index is 11.0. The third-order valence-electron chi connectivity index (χ3n) is 1.77. The largest absolute Gasteiger partial charge is 0.481 e. The van der Waals surface area contributed by atoms with Gasteiger partial charge in [-0.2, -0.15) is 0 Å². The van der Waals surface area contributed by atoms with Gasteiger partial charge in [0.15, 0.2) is 0 Å². The molecule has 0 radical (unpaired) electrons. The number of carbonyl (C=O) groups is 1. The van der Waals surface area contributed by atoms with Crippen LogP contribution < -0.4 is 5.56 Å². The van der Waals surface area contributed by atoms with Crippen LogP contribution in [-0.2, 0) is 11.2 Å². The maximum Gasteiger partial charge on any atom is 0.303 e. The molecule has 0 fully saturated rings. The zero-order valence-electron chi connectivity index (χ0n) is 7.20. The summed E-state index contributed by atoms with van der Waals surface area (Å²) in [5, 5.41) is 8.42. The molecule has 13 heavy (non-hydrogen) atoms. The number of aliphatic carboxylic acids is 1. The molecule has 0 unspecified atom stereocenters. The summed E-state index contributed by atoms with van der Waals surface area (Å²) in [7, 11) is 0. The molecular formula is C8H10N2O3. The Kier molecular flexibility index (Phi) is 2.79. The van der Waals surface area contributed by atoms with E-state index in [0.717, 1.165) is 0 Å². The first-order chi connectivity index (χ1) is 6.11. The zero-order chi connectivity index (χ0) is 9.84. The highest BCUT2D eigenvalue weighted by Gasteiger charge is 2.05. The lowest BCUT2D eigenvalue weighted by Crippen LogP contribution is -2.14. The van der Waals surface area contributed by atoms with Crippen LogP contribution in [0.15, 0.2) is 11.1 Å². The lowest BCUT2D eigenvalue weighted by atomic mass is 10.1. The standard InChI is InChI=1S/C8H10N2O3/c1-5-6(2-3-7(11)12)9-4-10-8(5)13/h4H,2-3H2,1H3,(H,11,12)(H,9,10,13). The van der Waals surface area contributed by atoms with Gasteiger partial charge in [0.2, 0.25) is 0 Å². The van der Waals surface area contributed by atoms with Gasteiger partial charge in [0.1, 0.15) is 0 Å². The number of carboxylic acid groups (broad SMARTS) is 1. The van der Waals surface area contributed by atoms with Crippen LogP contribution in [0.5, 0.6) is 0 Å². The zero-order valence-corrected chi connectivity index (χ0v) is 7.20. The van der Waals surface area contributed by atoms with Crippen molar-refractivity contribution in [1.82, 2.24) is 9.97 Å². The SMILES string of the molecule is Cc1c(CCC(=O)O)nc[nH]c1=O. The molecule has 5 heteroatoms. The van der Waals surface area contributed by atoms with E-state index in [1.807, 2.05) is 0 Å². The van der Waals surface area contributed by atoms with Gasteiger partial charge in [-0.15, -0.1) is 0 Å². The molecule has 1 heterocycles. The summed E-state index contributed by atoms with van der Waals surface area (Å²) >= 11 is 0. The summed E-state index contributed by atoms with van der Waals surface area (Å²) in [6, 6.07) is 0. The van der Waals surface area contributed by atoms with E-state index < -0.39 is 5.97 Å². The molecule has 70 valence electrons. The van der Waals surface area contributed by atoms with Gasteiger partial charge in [0, 0.05) is 12.0 Å². The van der Waals surface area contributed by atoms with E-state index in [4.69, 9.17) is 5.11 Å². The van der Waals surface area contributed by atoms with Crippen LogP contribution >= 0.6 is 0 Å². The highest BCUT2D eigenvalue weighted by molar-refractivity contribution is 5.67. The minimum absolute atomic E-state index is 0.00269. The fourth-order valence-electron chi connectivity index (χ4n) is 0.982. The van der Waals surface area contributed by atoms with E-state index >= 15 is 0 Å². The molecule has 0 aromatic carbocycles. The fraction of sp³-hybridized carbons (Fsp3) is 0.375. The molecule has 1 rings (SSSR count). The topological polar surface area (TPSA) is 83.0 Å². The lowest BCUT2D eigenvalue weighted by Gasteiger charge is -1.99. The molecule has 0 aliphatic heterocycles. The number of rotatable bonds is 3. The second kappa shape index (κ2) is 3.84. The molecule has 0 aliphatic carbocycles. The molecule has 5 nitrogen and oxygen atoms in total. The molecule has 1 aromatic heterocycles. The average molecular weight is 182 g/mol. The monoisotopic (exact) mass is 182 g/mol. The Bertz CT molecular complexity index is 370.